The van der Waals surface area contributed by atoms with Crippen LogP contribution in [0.3, 0.4) is 0 Å². The van der Waals surface area contributed by atoms with Gasteiger partial charge in [0.2, 0.25) is 5.91 Å². The van der Waals surface area contributed by atoms with Gasteiger partial charge in [0, 0.05) is 68.8 Å². The second-order valence-corrected chi connectivity index (χ2v) is 10.9. The maximum Gasteiger partial charge on any atom is 0.416 e. The molecule has 3 aromatic rings. The van der Waals surface area contributed by atoms with E-state index in [4.69, 9.17) is 0 Å². The third-order valence-corrected chi connectivity index (χ3v) is 8.10. The van der Waals surface area contributed by atoms with Crippen LogP contribution in [0.5, 0.6) is 0 Å². The number of rotatable bonds is 8. The molecular formula is C29H33F3N4O2S. The Balaban J connectivity index is 1.25. The SMILES string of the molecule is Cc1ccc(Cc2c(C)nc(SCCCC(=O)N3CCN(c4cccc(C(F)(F)F)c4)CC3)n(C)c2=O)cc1. The smallest absolute Gasteiger partial charge is 0.368 e. The molecule has 1 saturated heterocycles. The minimum atomic E-state index is -4.38. The number of aryl methyl sites for hydroxylation is 2. The zero-order valence-electron chi connectivity index (χ0n) is 22.4. The summed E-state index contributed by atoms with van der Waals surface area (Å²) >= 11 is 1.46. The highest BCUT2D eigenvalue weighted by molar-refractivity contribution is 7.99. The van der Waals surface area contributed by atoms with Crippen LogP contribution in [0.1, 0.15) is 40.8 Å². The molecule has 0 N–H and O–H groups in total. The van der Waals surface area contributed by atoms with Gasteiger partial charge in [-0.1, -0.05) is 47.7 Å². The van der Waals surface area contributed by atoms with Gasteiger partial charge in [0.25, 0.3) is 5.56 Å². The van der Waals surface area contributed by atoms with Crippen molar-refractivity contribution in [2.24, 2.45) is 7.05 Å². The summed E-state index contributed by atoms with van der Waals surface area (Å²) in [4.78, 5) is 34.1. The van der Waals surface area contributed by atoms with Crippen molar-refractivity contribution < 1.29 is 18.0 Å². The molecule has 2 aromatic carbocycles. The van der Waals surface area contributed by atoms with Crippen LogP contribution >= 0.6 is 11.8 Å². The van der Waals surface area contributed by atoms with Gasteiger partial charge < -0.3 is 9.80 Å². The summed E-state index contributed by atoms with van der Waals surface area (Å²) in [5.41, 5.74) is 3.44. The van der Waals surface area contributed by atoms with Gasteiger partial charge in [0.15, 0.2) is 5.16 Å². The van der Waals surface area contributed by atoms with Crippen LogP contribution in [0, 0.1) is 13.8 Å². The van der Waals surface area contributed by atoms with Crippen LogP contribution in [-0.4, -0.2) is 52.3 Å². The minimum absolute atomic E-state index is 0.0331. The molecule has 0 aliphatic carbocycles. The van der Waals surface area contributed by atoms with Crippen molar-refractivity contribution in [3.63, 3.8) is 0 Å². The predicted molar refractivity (Wildman–Crippen MR) is 148 cm³/mol. The van der Waals surface area contributed by atoms with Gasteiger partial charge in [-0.2, -0.15) is 13.2 Å². The molecular weight excluding hydrogens is 525 g/mol. The lowest BCUT2D eigenvalue weighted by Gasteiger charge is -2.36. The van der Waals surface area contributed by atoms with Crippen molar-refractivity contribution in [2.45, 2.75) is 44.4 Å². The molecule has 2 heterocycles. The third-order valence-electron chi connectivity index (χ3n) is 6.99. The van der Waals surface area contributed by atoms with Crippen LogP contribution in [-0.2, 0) is 24.4 Å². The number of piperazine rings is 1. The van der Waals surface area contributed by atoms with Crippen molar-refractivity contribution in [1.29, 1.82) is 0 Å². The number of carbonyl (C=O) groups is 1. The molecule has 0 atom stereocenters. The lowest BCUT2D eigenvalue weighted by Crippen LogP contribution is -2.48. The fourth-order valence-corrected chi connectivity index (χ4v) is 5.56. The molecule has 10 heteroatoms. The summed E-state index contributed by atoms with van der Waals surface area (Å²) in [6, 6.07) is 13.4. The van der Waals surface area contributed by atoms with Gasteiger partial charge in [-0.05, 0) is 44.0 Å². The maximum absolute atomic E-state index is 13.0. The molecule has 1 fully saturated rings. The summed E-state index contributed by atoms with van der Waals surface area (Å²) in [7, 11) is 1.73. The van der Waals surface area contributed by atoms with Crippen molar-refractivity contribution in [3.8, 4) is 0 Å². The second kappa shape index (κ2) is 12.3. The Bertz CT molecular complexity index is 1360. The van der Waals surface area contributed by atoms with Crippen LogP contribution in [0.25, 0.3) is 0 Å². The lowest BCUT2D eigenvalue weighted by molar-refractivity contribution is -0.137. The summed E-state index contributed by atoms with van der Waals surface area (Å²) in [6.45, 7) is 5.81. The molecule has 0 saturated carbocycles. The Kier molecular flexibility index (Phi) is 9.04. The van der Waals surface area contributed by atoms with Gasteiger partial charge in [0.1, 0.15) is 0 Å². The van der Waals surface area contributed by atoms with Crippen LogP contribution in [0.15, 0.2) is 58.5 Å². The quantitative estimate of drug-likeness (QED) is 0.215. The average Bonchev–Trinajstić information content (AvgIpc) is 2.92. The molecule has 208 valence electrons. The van der Waals surface area contributed by atoms with Gasteiger partial charge >= 0.3 is 6.18 Å². The molecule has 1 aromatic heterocycles. The van der Waals surface area contributed by atoms with Crippen LogP contribution in [0.4, 0.5) is 18.9 Å². The van der Waals surface area contributed by atoms with Gasteiger partial charge in [-0.3, -0.25) is 14.2 Å². The summed E-state index contributed by atoms with van der Waals surface area (Å²) in [5.74, 6) is 0.679. The fourth-order valence-electron chi connectivity index (χ4n) is 4.61. The van der Waals surface area contributed by atoms with E-state index >= 15 is 0 Å². The number of alkyl halides is 3. The number of carbonyl (C=O) groups excluding carboxylic acids is 1. The maximum atomic E-state index is 13.0. The Hall–Kier alpha value is -3.27. The molecule has 0 spiro atoms. The van der Waals surface area contributed by atoms with E-state index in [2.05, 4.69) is 4.98 Å². The Labute approximate surface area is 230 Å². The van der Waals surface area contributed by atoms with E-state index in [0.717, 1.165) is 23.4 Å². The molecule has 0 bridgehead atoms. The van der Waals surface area contributed by atoms with E-state index in [1.165, 1.54) is 23.4 Å². The lowest BCUT2D eigenvalue weighted by atomic mass is 10.0. The number of anilines is 1. The van der Waals surface area contributed by atoms with Crippen LogP contribution < -0.4 is 10.5 Å². The monoisotopic (exact) mass is 558 g/mol. The minimum Gasteiger partial charge on any atom is -0.368 e. The first-order valence-corrected chi connectivity index (χ1v) is 14.0. The first-order valence-electron chi connectivity index (χ1n) is 13.0. The molecule has 39 heavy (non-hydrogen) atoms. The van der Waals surface area contributed by atoms with Crippen LogP contribution in [0.2, 0.25) is 0 Å². The van der Waals surface area contributed by atoms with Gasteiger partial charge in [-0.25, -0.2) is 4.98 Å². The molecule has 6 nitrogen and oxygen atoms in total. The molecule has 4 rings (SSSR count). The Morgan fingerprint density at radius 2 is 1.72 bits per heavy atom. The number of nitrogens with zero attached hydrogens (tertiary/aromatic N) is 4. The number of aromatic nitrogens is 2. The first-order chi connectivity index (χ1) is 18.5. The summed E-state index contributed by atoms with van der Waals surface area (Å²) < 4.78 is 40.7. The zero-order valence-corrected chi connectivity index (χ0v) is 23.2. The van der Waals surface area contributed by atoms with E-state index in [1.54, 1.807) is 22.6 Å². The van der Waals surface area contributed by atoms with E-state index in [9.17, 15) is 22.8 Å². The van der Waals surface area contributed by atoms with Gasteiger partial charge in [0.05, 0.1) is 5.56 Å². The number of halogens is 3. The second-order valence-electron chi connectivity index (χ2n) is 9.85. The van der Waals surface area contributed by atoms with Crippen molar-refractivity contribution in [2.75, 3.05) is 36.8 Å². The summed E-state index contributed by atoms with van der Waals surface area (Å²) in [6.07, 6.45) is -2.84. The molecule has 1 amide bonds. The standard InChI is InChI=1S/C29H33F3N4O2S/c1-20-9-11-22(12-10-20)18-25-21(2)33-28(34(3)27(25)38)39-17-5-8-26(37)36-15-13-35(14-16-36)24-7-4-6-23(19-24)29(30,31)32/h4,6-7,9-12,19H,5,8,13-18H2,1-3H3. The molecule has 0 radical (unpaired) electrons. The van der Waals surface area contributed by atoms with E-state index < -0.39 is 11.7 Å². The Morgan fingerprint density at radius 3 is 2.38 bits per heavy atom. The molecule has 1 aliphatic heterocycles. The number of amides is 1. The molecule has 0 unspecified atom stereocenters. The summed E-state index contributed by atoms with van der Waals surface area (Å²) in [5, 5.41) is 0.632. The normalized spacial score (nSPS) is 14.1. The highest BCUT2D eigenvalue weighted by atomic mass is 32.2. The van der Waals surface area contributed by atoms with Gasteiger partial charge in [-0.15, -0.1) is 0 Å². The predicted octanol–water partition coefficient (Wildman–Crippen LogP) is 5.23. The highest BCUT2D eigenvalue weighted by Crippen LogP contribution is 2.32. The van der Waals surface area contributed by atoms with E-state index in [1.807, 2.05) is 43.0 Å². The number of thioether (sulfide) groups is 1. The average molecular weight is 559 g/mol. The topological polar surface area (TPSA) is 58.4 Å². The Morgan fingerprint density at radius 1 is 1.03 bits per heavy atom. The largest absolute Gasteiger partial charge is 0.416 e. The fraction of sp³-hybridized carbons (Fsp3) is 0.414. The number of benzene rings is 2. The molecule has 1 aliphatic rings. The van der Waals surface area contributed by atoms with Crippen molar-refractivity contribution in [1.82, 2.24) is 14.5 Å². The zero-order chi connectivity index (χ0) is 28.2. The first kappa shape index (κ1) is 28.7. The van der Waals surface area contributed by atoms with E-state index in [0.29, 0.717) is 67.6 Å². The third kappa shape index (κ3) is 7.23. The highest BCUT2D eigenvalue weighted by Gasteiger charge is 2.31. The van der Waals surface area contributed by atoms with Crippen molar-refractivity contribution >= 4 is 23.4 Å². The number of hydrogen-bond donors (Lipinski definition) is 0. The van der Waals surface area contributed by atoms with Crippen molar-refractivity contribution in [3.05, 3.63) is 86.8 Å². The number of hydrogen-bond acceptors (Lipinski definition) is 5. The van der Waals surface area contributed by atoms with E-state index in [-0.39, 0.29) is 11.5 Å².